The van der Waals surface area contributed by atoms with Crippen molar-refractivity contribution >= 4 is 22.5 Å². The molecule has 0 atom stereocenters. The first-order chi connectivity index (χ1) is 4.84. The molecule has 0 spiro atoms. The standard InChI is InChI=1S/C3H5N3S2.C2H6/c1-6-2-4-5-3(6)8-7;1-2/h2,7H,1H3;1-2H3. The van der Waals surface area contributed by atoms with Gasteiger partial charge in [0, 0.05) is 7.05 Å². The fraction of sp³-hybridized carbons (Fsp3) is 0.600. The number of rotatable bonds is 1. The molecule has 3 nitrogen and oxygen atoms in total. The average molecular weight is 177 g/mol. The van der Waals surface area contributed by atoms with E-state index in [0.717, 1.165) is 5.16 Å². The van der Waals surface area contributed by atoms with Gasteiger partial charge in [-0.25, -0.2) is 0 Å². The smallest absolute Gasteiger partial charge is 0.201 e. The van der Waals surface area contributed by atoms with Gasteiger partial charge in [-0.05, 0) is 10.8 Å². The minimum atomic E-state index is 0.813. The fourth-order valence-corrected chi connectivity index (χ4v) is 1.11. The van der Waals surface area contributed by atoms with Gasteiger partial charge in [-0.2, -0.15) is 0 Å². The van der Waals surface area contributed by atoms with E-state index in [1.54, 1.807) is 10.9 Å². The van der Waals surface area contributed by atoms with Crippen LogP contribution < -0.4 is 0 Å². The number of aryl methyl sites for hydroxylation is 1. The molecule has 1 heterocycles. The molecule has 1 rings (SSSR count). The topological polar surface area (TPSA) is 30.7 Å². The van der Waals surface area contributed by atoms with E-state index in [1.807, 2.05) is 20.9 Å². The van der Waals surface area contributed by atoms with Crippen LogP contribution in [0.4, 0.5) is 0 Å². The Bertz CT molecular complexity index is 175. The molecule has 0 saturated heterocycles. The Kier molecular flexibility index (Phi) is 5.52. The van der Waals surface area contributed by atoms with E-state index in [0.29, 0.717) is 0 Å². The first-order valence-corrected chi connectivity index (χ1v) is 4.87. The van der Waals surface area contributed by atoms with Gasteiger partial charge in [0.2, 0.25) is 5.16 Å². The Morgan fingerprint density at radius 2 is 2.20 bits per heavy atom. The normalized spacial score (nSPS) is 8.40. The van der Waals surface area contributed by atoms with Gasteiger partial charge in [-0.15, -0.1) is 21.9 Å². The van der Waals surface area contributed by atoms with Crippen LogP contribution in [0.5, 0.6) is 0 Å². The van der Waals surface area contributed by atoms with Gasteiger partial charge in [0.05, 0.1) is 0 Å². The third-order valence-electron chi connectivity index (χ3n) is 0.752. The second kappa shape index (κ2) is 5.61. The molecule has 0 radical (unpaired) electrons. The fourth-order valence-electron chi connectivity index (χ4n) is 0.355. The van der Waals surface area contributed by atoms with E-state index in [9.17, 15) is 0 Å². The molecule has 1 aromatic heterocycles. The van der Waals surface area contributed by atoms with Crippen molar-refractivity contribution in [1.29, 1.82) is 0 Å². The SMILES string of the molecule is CC.Cn1cnnc1SS. The van der Waals surface area contributed by atoms with Crippen molar-refractivity contribution in [3.8, 4) is 0 Å². The van der Waals surface area contributed by atoms with Crippen LogP contribution in [0.1, 0.15) is 13.8 Å². The highest BCUT2D eigenvalue weighted by Gasteiger charge is 1.94. The second-order valence-corrected chi connectivity index (χ2v) is 2.41. The van der Waals surface area contributed by atoms with E-state index in [4.69, 9.17) is 0 Å². The molecule has 5 heteroatoms. The molecule has 1 aromatic rings. The van der Waals surface area contributed by atoms with Crippen LogP contribution >= 0.6 is 22.5 Å². The molecule has 0 fully saturated rings. The largest absolute Gasteiger partial charge is 0.311 e. The van der Waals surface area contributed by atoms with Crippen molar-refractivity contribution in [3.63, 3.8) is 0 Å². The van der Waals surface area contributed by atoms with Crippen molar-refractivity contribution < 1.29 is 0 Å². The third kappa shape index (κ3) is 2.62. The van der Waals surface area contributed by atoms with Crippen LogP contribution in [0.15, 0.2) is 11.5 Å². The Labute approximate surface area is 70.0 Å². The lowest BCUT2D eigenvalue weighted by molar-refractivity contribution is 0.792. The molecule has 0 saturated carbocycles. The quantitative estimate of drug-likeness (QED) is 0.524. The molecule has 0 N–H and O–H groups in total. The Balaban J connectivity index is 0.000000371. The Hall–Kier alpha value is -0.160. The first kappa shape index (κ1) is 9.84. The molecule has 0 bridgehead atoms. The van der Waals surface area contributed by atoms with E-state index in [2.05, 4.69) is 21.9 Å². The van der Waals surface area contributed by atoms with E-state index >= 15 is 0 Å². The summed E-state index contributed by atoms with van der Waals surface area (Å²) in [6.45, 7) is 4.00. The summed E-state index contributed by atoms with van der Waals surface area (Å²) in [7, 11) is 3.16. The molecule has 0 unspecified atom stereocenters. The third-order valence-corrected chi connectivity index (χ3v) is 1.77. The van der Waals surface area contributed by atoms with Gasteiger partial charge < -0.3 is 4.57 Å². The Morgan fingerprint density at radius 1 is 1.60 bits per heavy atom. The number of hydrogen-bond acceptors (Lipinski definition) is 4. The van der Waals surface area contributed by atoms with E-state index in [-0.39, 0.29) is 0 Å². The second-order valence-electron chi connectivity index (χ2n) is 1.32. The molecule has 0 aliphatic heterocycles. The average Bonchev–Trinajstić information content (AvgIpc) is 2.39. The van der Waals surface area contributed by atoms with Gasteiger partial charge in [0.1, 0.15) is 6.33 Å². The summed E-state index contributed by atoms with van der Waals surface area (Å²) >= 11 is 3.94. The molecule has 0 aromatic carbocycles. The van der Waals surface area contributed by atoms with Crippen LogP contribution in [0.25, 0.3) is 0 Å². The molecular formula is C5H11N3S2. The van der Waals surface area contributed by atoms with Gasteiger partial charge in [0.15, 0.2) is 0 Å². The number of nitrogens with zero attached hydrogens (tertiary/aromatic N) is 3. The molecular weight excluding hydrogens is 166 g/mol. The predicted octanol–water partition coefficient (Wildman–Crippen LogP) is 1.78. The summed E-state index contributed by atoms with van der Waals surface area (Å²) < 4.78 is 1.80. The van der Waals surface area contributed by atoms with Gasteiger partial charge >= 0.3 is 0 Å². The molecule has 0 amide bonds. The first-order valence-electron chi connectivity index (χ1n) is 3.00. The minimum Gasteiger partial charge on any atom is -0.311 e. The highest BCUT2D eigenvalue weighted by molar-refractivity contribution is 8.68. The lowest BCUT2D eigenvalue weighted by Gasteiger charge is -1.88. The zero-order valence-corrected chi connectivity index (χ0v) is 7.99. The van der Waals surface area contributed by atoms with Gasteiger partial charge in [-0.1, -0.05) is 13.8 Å². The Morgan fingerprint density at radius 3 is 2.40 bits per heavy atom. The number of hydrogen-bond donors (Lipinski definition) is 1. The molecule has 0 aliphatic rings. The molecule has 10 heavy (non-hydrogen) atoms. The van der Waals surface area contributed by atoms with Crippen molar-refractivity contribution in [3.05, 3.63) is 6.33 Å². The van der Waals surface area contributed by atoms with Crippen LogP contribution in [-0.4, -0.2) is 14.8 Å². The minimum absolute atomic E-state index is 0.813. The summed E-state index contributed by atoms with van der Waals surface area (Å²) in [5, 5.41) is 8.18. The van der Waals surface area contributed by atoms with Crippen LogP contribution in [0, 0.1) is 0 Å². The number of aromatic nitrogens is 3. The molecule has 0 aliphatic carbocycles. The van der Waals surface area contributed by atoms with Crippen molar-refractivity contribution in [1.82, 2.24) is 14.8 Å². The van der Waals surface area contributed by atoms with Crippen molar-refractivity contribution in [2.45, 2.75) is 19.0 Å². The zero-order valence-electron chi connectivity index (χ0n) is 6.27. The maximum atomic E-state index is 3.94. The van der Waals surface area contributed by atoms with Crippen LogP contribution in [0.2, 0.25) is 0 Å². The summed E-state index contributed by atoms with van der Waals surface area (Å²) in [5.74, 6) is 0. The highest BCUT2D eigenvalue weighted by Crippen LogP contribution is 2.15. The summed E-state index contributed by atoms with van der Waals surface area (Å²) in [6.07, 6.45) is 1.64. The van der Waals surface area contributed by atoms with Gasteiger partial charge in [0.25, 0.3) is 0 Å². The predicted molar refractivity (Wildman–Crippen MR) is 47.2 cm³/mol. The van der Waals surface area contributed by atoms with Crippen LogP contribution in [-0.2, 0) is 7.05 Å². The van der Waals surface area contributed by atoms with E-state index < -0.39 is 0 Å². The maximum Gasteiger partial charge on any atom is 0.201 e. The number of thiol groups is 1. The summed E-state index contributed by atoms with van der Waals surface area (Å²) in [4.78, 5) is 0. The van der Waals surface area contributed by atoms with E-state index in [1.165, 1.54) is 10.8 Å². The summed E-state index contributed by atoms with van der Waals surface area (Å²) in [6, 6.07) is 0. The highest BCUT2D eigenvalue weighted by atomic mass is 33.1. The lowest BCUT2D eigenvalue weighted by atomic mass is 11.0. The molecule has 58 valence electrons. The lowest BCUT2D eigenvalue weighted by Crippen LogP contribution is -1.84. The maximum absolute atomic E-state index is 3.94. The van der Waals surface area contributed by atoms with Crippen molar-refractivity contribution in [2.75, 3.05) is 0 Å². The monoisotopic (exact) mass is 177 g/mol. The zero-order chi connectivity index (χ0) is 7.98. The van der Waals surface area contributed by atoms with Crippen LogP contribution in [0.3, 0.4) is 0 Å². The van der Waals surface area contributed by atoms with Gasteiger partial charge in [-0.3, -0.25) is 0 Å². The van der Waals surface area contributed by atoms with Crippen molar-refractivity contribution in [2.24, 2.45) is 7.05 Å². The summed E-state index contributed by atoms with van der Waals surface area (Å²) in [5.41, 5.74) is 0.